The Kier molecular flexibility index (Phi) is 6.53. The Hall–Kier alpha value is -2.46. The van der Waals surface area contributed by atoms with E-state index in [1.54, 1.807) is 10.9 Å². The van der Waals surface area contributed by atoms with E-state index in [1.807, 2.05) is 7.05 Å². The normalized spacial score (nSPS) is 17.3. The predicted octanol–water partition coefficient (Wildman–Crippen LogP) is 3.51. The molecule has 2 aromatic rings. The number of hydrogen-bond acceptors (Lipinski definition) is 5. The lowest BCUT2D eigenvalue weighted by atomic mass is 10.1. The van der Waals surface area contributed by atoms with Crippen LogP contribution in [0, 0.1) is 0 Å². The molecule has 0 radical (unpaired) electrons. The summed E-state index contributed by atoms with van der Waals surface area (Å²) in [5.41, 5.74) is 0.991. The highest BCUT2D eigenvalue weighted by atomic mass is 32.1. The quantitative estimate of drug-likeness (QED) is 0.741. The highest BCUT2D eigenvalue weighted by molar-refractivity contribution is 7.07. The molecular weight excluding hydrogens is 405 g/mol. The molecule has 1 aromatic heterocycles. The first-order valence-corrected chi connectivity index (χ1v) is 10.0. The molecule has 2 amide bonds. The van der Waals surface area contributed by atoms with Crippen molar-refractivity contribution in [3.05, 3.63) is 45.9 Å². The number of hydrogen-bond donors (Lipinski definition) is 2. The second-order valence-electron chi connectivity index (χ2n) is 6.99. The lowest BCUT2D eigenvalue weighted by Crippen LogP contribution is -2.29. The van der Waals surface area contributed by atoms with Crippen molar-refractivity contribution in [2.75, 3.05) is 18.9 Å². The zero-order valence-corrected chi connectivity index (χ0v) is 16.6. The number of benzene rings is 1. The topological polar surface area (TPSA) is 74.3 Å². The minimum atomic E-state index is -4.64. The largest absolute Gasteiger partial charge is 0.416 e. The van der Waals surface area contributed by atoms with E-state index in [-0.39, 0.29) is 36.2 Å². The fourth-order valence-corrected chi connectivity index (χ4v) is 3.81. The van der Waals surface area contributed by atoms with Crippen LogP contribution in [0.3, 0.4) is 0 Å². The maximum Gasteiger partial charge on any atom is 0.416 e. The Balaban J connectivity index is 1.74. The van der Waals surface area contributed by atoms with Crippen molar-refractivity contribution < 1.29 is 22.8 Å². The SMILES string of the molecule is CN1CCCC1CC(=O)Nc1cc(C(=O)NCc2cscn2)cc(C(F)(F)F)c1. The number of carbonyl (C=O) groups is 2. The molecule has 0 bridgehead atoms. The summed E-state index contributed by atoms with van der Waals surface area (Å²) in [6.45, 7) is 0.999. The number of aromatic nitrogens is 1. The Morgan fingerprint density at radius 3 is 2.72 bits per heavy atom. The molecule has 0 saturated carbocycles. The number of halogens is 3. The minimum absolute atomic E-state index is 0.0516. The summed E-state index contributed by atoms with van der Waals surface area (Å²) in [7, 11) is 1.92. The van der Waals surface area contributed by atoms with Gasteiger partial charge in [0, 0.05) is 29.1 Å². The van der Waals surface area contributed by atoms with Gasteiger partial charge in [-0.1, -0.05) is 0 Å². The zero-order chi connectivity index (χ0) is 21.0. The first kappa shape index (κ1) is 21.3. The number of rotatable bonds is 6. The van der Waals surface area contributed by atoms with Gasteiger partial charge in [0.1, 0.15) is 0 Å². The molecule has 0 spiro atoms. The third kappa shape index (κ3) is 5.77. The Labute approximate surface area is 170 Å². The number of nitrogens with one attached hydrogen (secondary N) is 2. The summed E-state index contributed by atoms with van der Waals surface area (Å²) in [5, 5.41) is 6.79. The van der Waals surface area contributed by atoms with E-state index < -0.39 is 17.6 Å². The van der Waals surface area contributed by atoms with Crippen molar-refractivity contribution in [3.8, 4) is 0 Å². The van der Waals surface area contributed by atoms with Crippen LogP contribution in [-0.2, 0) is 17.5 Å². The molecule has 3 rings (SSSR count). The highest BCUT2D eigenvalue weighted by Gasteiger charge is 2.32. The van der Waals surface area contributed by atoms with Crippen molar-refractivity contribution in [1.82, 2.24) is 15.2 Å². The van der Waals surface area contributed by atoms with Crippen molar-refractivity contribution >= 4 is 28.8 Å². The summed E-state index contributed by atoms with van der Waals surface area (Å²) in [6, 6.07) is 2.94. The monoisotopic (exact) mass is 426 g/mol. The molecule has 1 saturated heterocycles. The molecule has 2 N–H and O–H groups in total. The van der Waals surface area contributed by atoms with E-state index in [9.17, 15) is 22.8 Å². The molecule has 156 valence electrons. The van der Waals surface area contributed by atoms with Gasteiger partial charge in [-0.3, -0.25) is 9.59 Å². The lowest BCUT2D eigenvalue weighted by molar-refractivity contribution is -0.137. The number of thiazole rings is 1. The van der Waals surface area contributed by atoms with Gasteiger partial charge < -0.3 is 15.5 Å². The van der Waals surface area contributed by atoms with Crippen LogP contribution in [0.4, 0.5) is 18.9 Å². The lowest BCUT2D eigenvalue weighted by Gasteiger charge is -2.19. The molecule has 1 aliphatic rings. The maximum absolute atomic E-state index is 13.3. The average molecular weight is 426 g/mol. The van der Waals surface area contributed by atoms with Crippen molar-refractivity contribution in [3.63, 3.8) is 0 Å². The van der Waals surface area contributed by atoms with E-state index in [0.29, 0.717) is 5.69 Å². The number of nitrogens with zero attached hydrogens (tertiary/aromatic N) is 2. The average Bonchev–Trinajstić information content (AvgIpc) is 3.31. The number of likely N-dealkylation sites (tertiary alicyclic amines) is 1. The van der Waals surface area contributed by atoms with E-state index in [2.05, 4.69) is 20.5 Å². The molecule has 1 unspecified atom stereocenters. The second-order valence-corrected chi connectivity index (χ2v) is 7.71. The van der Waals surface area contributed by atoms with E-state index >= 15 is 0 Å². The standard InChI is InChI=1S/C19H21F3N4O2S/c1-26-4-2-3-16(26)8-17(27)25-14-6-12(5-13(7-14)19(20,21)22)18(28)23-9-15-10-29-11-24-15/h5-7,10-11,16H,2-4,8-9H2,1H3,(H,23,28)(H,25,27). The number of amides is 2. The summed E-state index contributed by atoms with van der Waals surface area (Å²) < 4.78 is 39.8. The molecule has 29 heavy (non-hydrogen) atoms. The first-order valence-electron chi connectivity index (χ1n) is 9.10. The molecule has 0 aliphatic carbocycles. The molecule has 1 atom stereocenters. The van der Waals surface area contributed by atoms with Crippen LogP contribution >= 0.6 is 11.3 Å². The molecule has 1 fully saturated rings. The smallest absolute Gasteiger partial charge is 0.346 e. The first-order chi connectivity index (χ1) is 13.7. The van der Waals surface area contributed by atoms with Gasteiger partial charge in [-0.05, 0) is 44.6 Å². The van der Waals surface area contributed by atoms with Crippen LogP contribution < -0.4 is 10.6 Å². The van der Waals surface area contributed by atoms with Crippen molar-refractivity contribution in [2.24, 2.45) is 0 Å². The third-order valence-electron chi connectivity index (χ3n) is 4.81. The summed E-state index contributed by atoms with van der Waals surface area (Å²) >= 11 is 1.35. The van der Waals surface area contributed by atoms with Gasteiger partial charge in [0.15, 0.2) is 0 Å². The van der Waals surface area contributed by atoms with Crippen molar-refractivity contribution in [1.29, 1.82) is 0 Å². The third-order valence-corrected chi connectivity index (χ3v) is 5.45. The number of alkyl halides is 3. The van der Waals surface area contributed by atoms with Crippen LogP contribution in [-0.4, -0.2) is 41.3 Å². The summed E-state index contributed by atoms with van der Waals surface area (Å²) in [6.07, 6.45) is -2.59. The maximum atomic E-state index is 13.3. The van der Waals surface area contributed by atoms with Crippen LogP contribution in [0.15, 0.2) is 29.1 Å². The van der Waals surface area contributed by atoms with Gasteiger partial charge in [-0.2, -0.15) is 13.2 Å². The van der Waals surface area contributed by atoms with Gasteiger partial charge in [0.05, 0.1) is 23.3 Å². The van der Waals surface area contributed by atoms with Crippen LogP contribution in [0.2, 0.25) is 0 Å². The van der Waals surface area contributed by atoms with Gasteiger partial charge >= 0.3 is 6.18 Å². The number of anilines is 1. The molecule has 10 heteroatoms. The fourth-order valence-electron chi connectivity index (χ4n) is 3.26. The Morgan fingerprint density at radius 2 is 2.10 bits per heavy atom. The van der Waals surface area contributed by atoms with Crippen molar-refractivity contribution in [2.45, 2.75) is 38.0 Å². The van der Waals surface area contributed by atoms with E-state index in [0.717, 1.165) is 31.5 Å². The predicted molar refractivity (Wildman–Crippen MR) is 104 cm³/mol. The Bertz CT molecular complexity index is 871. The van der Waals surface area contributed by atoms with E-state index in [4.69, 9.17) is 0 Å². The molecule has 1 aliphatic heterocycles. The van der Waals surface area contributed by atoms with Crippen LogP contribution in [0.5, 0.6) is 0 Å². The second kappa shape index (κ2) is 8.91. The van der Waals surface area contributed by atoms with Crippen LogP contribution in [0.25, 0.3) is 0 Å². The van der Waals surface area contributed by atoms with Gasteiger partial charge in [-0.15, -0.1) is 11.3 Å². The van der Waals surface area contributed by atoms with E-state index in [1.165, 1.54) is 17.4 Å². The van der Waals surface area contributed by atoms with Gasteiger partial charge in [0.2, 0.25) is 5.91 Å². The molecular formula is C19H21F3N4O2S. The fraction of sp³-hybridized carbons (Fsp3) is 0.421. The summed E-state index contributed by atoms with van der Waals surface area (Å²) in [5.74, 6) is -1.05. The Morgan fingerprint density at radius 1 is 1.31 bits per heavy atom. The van der Waals surface area contributed by atoms with Crippen LogP contribution in [0.1, 0.15) is 40.9 Å². The molecule has 2 heterocycles. The van der Waals surface area contributed by atoms with Gasteiger partial charge in [0.25, 0.3) is 5.91 Å². The zero-order valence-electron chi connectivity index (χ0n) is 15.8. The summed E-state index contributed by atoms with van der Waals surface area (Å²) in [4.78, 5) is 30.7. The molecule has 6 nitrogen and oxygen atoms in total. The highest BCUT2D eigenvalue weighted by Crippen LogP contribution is 2.32. The molecule has 1 aromatic carbocycles. The number of carbonyl (C=O) groups excluding carboxylic acids is 2. The van der Waals surface area contributed by atoms with Gasteiger partial charge in [-0.25, -0.2) is 4.98 Å². The minimum Gasteiger partial charge on any atom is -0.346 e.